The first kappa shape index (κ1) is 22.4. The second-order valence-electron chi connectivity index (χ2n) is 8.67. The van der Waals surface area contributed by atoms with Crippen molar-refractivity contribution < 1.29 is 17.9 Å². The number of halogens is 3. The van der Waals surface area contributed by atoms with Crippen LogP contribution in [0.4, 0.5) is 13.2 Å². The molecule has 1 aliphatic rings. The average molecular weight is 437 g/mol. The topological polar surface area (TPSA) is 9.23 Å². The van der Waals surface area contributed by atoms with Crippen molar-refractivity contribution in [1.29, 1.82) is 0 Å². The lowest BCUT2D eigenvalue weighted by Crippen LogP contribution is -2.14. The third-order valence-corrected chi connectivity index (χ3v) is 6.48. The van der Waals surface area contributed by atoms with E-state index in [0.29, 0.717) is 11.5 Å². The van der Waals surface area contributed by atoms with Crippen molar-refractivity contribution in [2.75, 3.05) is 13.7 Å². The summed E-state index contributed by atoms with van der Waals surface area (Å²) in [6.45, 7) is 0.788. The van der Waals surface area contributed by atoms with Crippen molar-refractivity contribution in [3.8, 4) is 11.8 Å². The van der Waals surface area contributed by atoms with Gasteiger partial charge in [-0.1, -0.05) is 24.0 Å². The fourth-order valence-corrected chi connectivity index (χ4v) is 4.68. The van der Waals surface area contributed by atoms with E-state index in [1.807, 2.05) is 0 Å². The van der Waals surface area contributed by atoms with Crippen LogP contribution in [0.1, 0.15) is 61.1 Å². The van der Waals surface area contributed by atoms with Gasteiger partial charge in [0, 0.05) is 19.3 Å². The van der Waals surface area contributed by atoms with Crippen molar-refractivity contribution in [2.45, 2.75) is 44.4 Å². The summed E-state index contributed by atoms with van der Waals surface area (Å²) in [6, 6.07) is 12.7. The largest absolute Gasteiger partial charge is 0.385 e. The van der Waals surface area contributed by atoms with Gasteiger partial charge in [0.2, 0.25) is 0 Å². The number of rotatable bonds is 5. The first-order valence-electron chi connectivity index (χ1n) is 11.2. The Morgan fingerprint density at radius 1 is 0.844 bits per heavy atom. The molecule has 3 aromatic rings. The van der Waals surface area contributed by atoms with Crippen LogP contribution in [0.5, 0.6) is 0 Å². The van der Waals surface area contributed by atoms with E-state index in [2.05, 4.69) is 11.8 Å². The molecule has 4 rings (SSSR count). The number of ether oxygens (including phenoxy) is 1. The fourth-order valence-electron chi connectivity index (χ4n) is 4.68. The van der Waals surface area contributed by atoms with Crippen LogP contribution in [-0.2, 0) is 4.74 Å². The highest BCUT2D eigenvalue weighted by molar-refractivity contribution is 5.84. The summed E-state index contributed by atoms with van der Waals surface area (Å²) in [5.74, 6) is 4.84. The maximum Gasteiger partial charge on any atom is 0.142 e. The van der Waals surface area contributed by atoms with Crippen LogP contribution < -0.4 is 0 Å². The molecule has 0 spiro atoms. The molecule has 0 aromatic heterocycles. The molecule has 4 heteroatoms. The minimum atomic E-state index is -0.613. The van der Waals surface area contributed by atoms with E-state index in [4.69, 9.17) is 4.74 Å². The maximum atomic E-state index is 14.8. The molecule has 0 atom stereocenters. The Kier molecular flexibility index (Phi) is 7.17. The Morgan fingerprint density at radius 3 is 2.25 bits per heavy atom. The predicted molar refractivity (Wildman–Crippen MR) is 122 cm³/mol. The van der Waals surface area contributed by atoms with E-state index < -0.39 is 11.6 Å². The minimum absolute atomic E-state index is 0.195. The van der Waals surface area contributed by atoms with Gasteiger partial charge in [-0.25, -0.2) is 13.2 Å². The molecule has 0 unspecified atom stereocenters. The van der Waals surface area contributed by atoms with Gasteiger partial charge in [0.25, 0.3) is 0 Å². The van der Waals surface area contributed by atoms with Gasteiger partial charge in [0.1, 0.15) is 17.5 Å². The number of hydrogen-bond donors (Lipinski definition) is 0. The third-order valence-electron chi connectivity index (χ3n) is 6.48. The number of fused-ring (bicyclic) bond motifs is 1. The SMILES string of the molecule is COCCCC1CCC(c2cc(F)c(C#Cc3ccc4cc(F)ccc4c3)c(F)c2)CC1. The lowest BCUT2D eigenvalue weighted by molar-refractivity contribution is 0.180. The zero-order chi connectivity index (χ0) is 22.5. The Hall–Kier alpha value is -2.77. The van der Waals surface area contributed by atoms with E-state index >= 15 is 0 Å². The lowest BCUT2D eigenvalue weighted by atomic mass is 9.77. The molecule has 0 aliphatic heterocycles. The Morgan fingerprint density at radius 2 is 1.53 bits per heavy atom. The van der Waals surface area contributed by atoms with Gasteiger partial charge < -0.3 is 4.74 Å². The summed E-state index contributed by atoms with van der Waals surface area (Å²) < 4.78 is 48.0. The molecule has 0 heterocycles. The van der Waals surface area contributed by atoms with E-state index in [0.717, 1.165) is 61.5 Å². The van der Waals surface area contributed by atoms with Crippen molar-refractivity contribution in [3.63, 3.8) is 0 Å². The van der Waals surface area contributed by atoms with Crippen LogP contribution in [0.25, 0.3) is 10.8 Å². The number of hydrogen-bond acceptors (Lipinski definition) is 1. The standard InChI is InChI=1S/C28H27F3O/c1-32-14-2-3-19-4-8-21(9-5-19)24-17-27(30)26(28(31)18-24)13-7-20-6-10-23-16-25(29)12-11-22(23)15-20/h6,10-12,15-19,21H,2-5,8-9,14H2,1H3. The van der Waals surface area contributed by atoms with Crippen molar-refractivity contribution in [2.24, 2.45) is 5.92 Å². The summed E-state index contributed by atoms with van der Waals surface area (Å²) in [7, 11) is 1.72. The normalized spacial score (nSPS) is 18.4. The van der Waals surface area contributed by atoms with Crippen molar-refractivity contribution >= 4 is 10.8 Å². The second-order valence-corrected chi connectivity index (χ2v) is 8.67. The molecule has 1 aliphatic carbocycles. The summed E-state index contributed by atoms with van der Waals surface area (Å²) in [4.78, 5) is 0. The zero-order valence-electron chi connectivity index (χ0n) is 18.3. The van der Waals surface area contributed by atoms with Crippen LogP contribution in [0, 0.1) is 35.2 Å². The first-order chi connectivity index (χ1) is 15.5. The van der Waals surface area contributed by atoms with E-state index in [-0.39, 0.29) is 17.3 Å². The quantitative estimate of drug-likeness (QED) is 0.300. The molecule has 3 aromatic carbocycles. The van der Waals surface area contributed by atoms with Gasteiger partial charge >= 0.3 is 0 Å². The molecule has 166 valence electrons. The molecule has 1 nitrogen and oxygen atoms in total. The highest BCUT2D eigenvalue weighted by Crippen LogP contribution is 2.38. The molecule has 0 bridgehead atoms. The van der Waals surface area contributed by atoms with Crippen molar-refractivity contribution in [1.82, 2.24) is 0 Å². The van der Waals surface area contributed by atoms with E-state index in [1.54, 1.807) is 31.4 Å². The Bertz CT molecular complexity index is 1130. The summed E-state index contributed by atoms with van der Waals surface area (Å²) in [5.41, 5.74) is 1.15. The second kappa shape index (κ2) is 10.2. The van der Waals surface area contributed by atoms with Gasteiger partial charge in [-0.3, -0.25) is 0 Å². The number of benzene rings is 3. The molecule has 0 radical (unpaired) electrons. The number of methoxy groups -OCH3 is 1. The Balaban J connectivity index is 1.47. The Labute approximate surface area is 187 Å². The fraction of sp³-hybridized carbons (Fsp3) is 0.357. The van der Waals surface area contributed by atoms with Crippen LogP contribution >= 0.6 is 0 Å². The molecule has 0 N–H and O–H groups in total. The lowest BCUT2D eigenvalue weighted by Gasteiger charge is -2.29. The smallest absolute Gasteiger partial charge is 0.142 e. The highest BCUT2D eigenvalue weighted by Gasteiger charge is 2.24. The minimum Gasteiger partial charge on any atom is -0.385 e. The summed E-state index contributed by atoms with van der Waals surface area (Å²) in [5, 5.41) is 1.58. The van der Waals surface area contributed by atoms with E-state index in [9.17, 15) is 13.2 Å². The molecule has 32 heavy (non-hydrogen) atoms. The van der Waals surface area contributed by atoms with Gasteiger partial charge in [0.15, 0.2) is 0 Å². The van der Waals surface area contributed by atoms with Crippen LogP contribution in [-0.4, -0.2) is 13.7 Å². The summed E-state index contributed by atoms with van der Waals surface area (Å²) in [6.07, 6.45) is 6.31. The average Bonchev–Trinajstić information content (AvgIpc) is 2.79. The zero-order valence-corrected chi connectivity index (χ0v) is 18.3. The molecule has 0 amide bonds. The van der Waals surface area contributed by atoms with Crippen LogP contribution in [0.2, 0.25) is 0 Å². The van der Waals surface area contributed by atoms with Gasteiger partial charge in [-0.05, 0) is 103 Å². The van der Waals surface area contributed by atoms with Gasteiger partial charge in [-0.15, -0.1) is 0 Å². The summed E-state index contributed by atoms with van der Waals surface area (Å²) >= 11 is 0. The van der Waals surface area contributed by atoms with Gasteiger partial charge in [0.05, 0.1) is 5.56 Å². The molecule has 1 fully saturated rings. The monoisotopic (exact) mass is 436 g/mol. The first-order valence-corrected chi connectivity index (χ1v) is 11.2. The van der Waals surface area contributed by atoms with Gasteiger partial charge in [-0.2, -0.15) is 0 Å². The predicted octanol–water partition coefficient (Wildman–Crippen LogP) is 7.36. The highest BCUT2D eigenvalue weighted by atomic mass is 19.1. The molecular formula is C28H27F3O. The third kappa shape index (κ3) is 5.34. The van der Waals surface area contributed by atoms with Crippen LogP contribution in [0.3, 0.4) is 0 Å². The van der Waals surface area contributed by atoms with Crippen molar-refractivity contribution in [3.05, 3.63) is 82.7 Å². The maximum absolute atomic E-state index is 14.8. The molecule has 0 saturated heterocycles. The van der Waals surface area contributed by atoms with E-state index in [1.165, 1.54) is 24.3 Å². The van der Waals surface area contributed by atoms with Crippen LogP contribution in [0.15, 0.2) is 48.5 Å². The molecular weight excluding hydrogens is 409 g/mol. The molecule has 1 saturated carbocycles.